The Morgan fingerprint density at radius 2 is 2.05 bits per heavy atom. The third-order valence-electron chi connectivity index (χ3n) is 3.63. The van der Waals surface area contributed by atoms with Crippen molar-refractivity contribution in [2.24, 2.45) is 0 Å². The summed E-state index contributed by atoms with van der Waals surface area (Å²) in [5, 5.41) is 12.0. The van der Waals surface area contributed by atoms with E-state index in [0.29, 0.717) is 24.6 Å². The van der Waals surface area contributed by atoms with Gasteiger partial charge in [-0.15, -0.1) is 0 Å². The zero-order valence-corrected chi connectivity index (χ0v) is 12.3. The second-order valence-electron chi connectivity index (χ2n) is 5.37. The van der Waals surface area contributed by atoms with Crippen molar-refractivity contribution in [3.63, 3.8) is 0 Å². The first-order chi connectivity index (χ1) is 10.1. The molecule has 21 heavy (non-hydrogen) atoms. The Balaban J connectivity index is 1.86. The summed E-state index contributed by atoms with van der Waals surface area (Å²) in [6.45, 7) is 3.30. The third-order valence-corrected chi connectivity index (χ3v) is 3.63. The average Bonchev–Trinajstić information content (AvgIpc) is 3.29. The molecule has 0 atom stereocenters. The number of hydrogen-bond acceptors (Lipinski definition) is 2. The smallest absolute Gasteiger partial charge is 0.335 e. The van der Waals surface area contributed by atoms with Crippen LogP contribution in [0.15, 0.2) is 24.3 Å². The van der Waals surface area contributed by atoms with Gasteiger partial charge < -0.3 is 15.3 Å². The molecule has 0 radical (unpaired) electrons. The second kappa shape index (κ2) is 7.11. The van der Waals surface area contributed by atoms with Gasteiger partial charge in [0.1, 0.15) is 0 Å². The van der Waals surface area contributed by atoms with Gasteiger partial charge in [-0.2, -0.15) is 0 Å². The SMILES string of the molecule is CCCN(C(=O)NCCc1ccccc1C(=O)O)C1CC1. The fourth-order valence-corrected chi connectivity index (χ4v) is 2.43. The highest BCUT2D eigenvalue weighted by atomic mass is 16.4. The van der Waals surface area contributed by atoms with Crippen molar-refractivity contribution in [3.8, 4) is 0 Å². The maximum atomic E-state index is 12.1. The number of hydrogen-bond donors (Lipinski definition) is 2. The monoisotopic (exact) mass is 290 g/mol. The van der Waals surface area contributed by atoms with Crippen molar-refractivity contribution in [3.05, 3.63) is 35.4 Å². The highest BCUT2D eigenvalue weighted by molar-refractivity contribution is 5.89. The Bertz CT molecular complexity index is 512. The summed E-state index contributed by atoms with van der Waals surface area (Å²) in [6, 6.07) is 7.27. The quantitative estimate of drug-likeness (QED) is 0.810. The normalized spacial score (nSPS) is 13.8. The minimum Gasteiger partial charge on any atom is -0.478 e. The molecule has 0 saturated heterocycles. The number of carbonyl (C=O) groups is 2. The van der Waals surface area contributed by atoms with Crippen LogP contribution in [0.25, 0.3) is 0 Å². The van der Waals surface area contributed by atoms with Gasteiger partial charge in [0, 0.05) is 19.1 Å². The molecule has 2 amide bonds. The van der Waals surface area contributed by atoms with Gasteiger partial charge >= 0.3 is 12.0 Å². The van der Waals surface area contributed by atoms with Crippen LogP contribution in [0.2, 0.25) is 0 Å². The maximum absolute atomic E-state index is 12.1. The van der Waals surface area contributed by atoms with Crippen molar-refractivity contribution in [1.82, 2.24) is 10.2 Å². The summed E-state index contributed by atoms with van der Waals surface area (Å²) in [5.41, 5.74) is 1.05. The van der Waals surface area contributed by atoms with E-state index >= 15 is 0 Å². The Morgan fingerprint density at radius 1 is 1.33 bits per heavy atom. The summed E-state index contributed by atoms with van der Waals surface area (Å²) in [6.07, 6.45) is 3.66. The largest absolute Gasteiger partial charge is 0.478 e. The van der Waals surface area contributed by atoms with E-state index in [9.17, 15) is 9.59 Å². The standard InChI is InChI=1S/C16H22N2O3/c1-2-11-18(13-7-8-13)16(21)17-10-9-12-5-3-4-6-14(12)15(19)20/h3-6,13H,2,7-11H2,1H3,(H,17,21)(H,19,20). The number of carboxylic acids is 1. The average molecular weight is 290 g/mol. The van der Waals surface area contributed by atoms with Gasteiger partial charge in [0.05, 0.1) is 5.56 Å². The molecular weight excluding hydrogens is 268 g/mol. The maximum Gasteiger partial charge on any atom is 0.335 e. The molecule has 0 spiro atoms. The molecule has 1 aromatic carbocycles. The van der Waals surface area contributed by atoms with Crippen LogP contribution in [0.3, 0.4) is 0 Å². The van der Waals surface area contributed by atoms with Crippen molar-refractivity contribution in [2.45, 2.75) is 38.6 Å². The summed E-state index contributed by atoms with van der Waals surface area (Å²) in [5.74, 6) is -0.928. The van der Waals surface area contributed by atoms with Crippen LogP contribution in [0.4, 0.5) is 4.79 Å². The minimum absolute atomic E-state index is 0.0350. The number of nitrogens with one attached hydrogen (secondary N) is 1. The van der Waals surface area contributed by atoms with E-state index in [4.69, 9.17) is 5.11 Å². The zero-order valence-electron chi connectivity index (χ0n) is 12.3. The van der Waals surface area contributed by atoms with Gasteiger partial charge in [-0.05, 0) is 37.3 Å². The van der Waals surface area contributed by atoms with Crippen LogP contribution in [0.5, 0.6) is 0 Å². The molecule has 1 aliphatic carbocycles. The Hall–Kier alpha value is -2.04. The number of nitrogens with zero attached hydrogens (tertiary/aromatic N) is 1. The van der Waals surface area contributed by atoms with Gasteiger partial charge in [0.2, 0.25) is 0 Å². The van der Waals surface area contributed by atoms with Crippen LogP contribution in [0.1, 0.15) is 42.1 Å². The molecule has 0 unspecified atom stereocenters. The highest BCUT2D eigenvalue weighted by Gasteiger charge is 2.31. The second-order valence-corrected chi connectivity index (χ2v) is 5.37. The summed E-state index contributed by atoms with van der Waals surface area (Å²) in [4.78, 5) is 25.1. The number of urea groups is 1. The number of carbonyl (C=O) groups excluding carboxylic acids is 1. The van der Waals surface area contributed by atoms with Crippen molar-refractivity contribution in [1.29, 1.82) is 0 Å². The predicted molar refractivity (Wildman–Crippen MR) is 80.5 cm³/mol. The lowest BCUT2D eigenvalue weighted by Crippen LogP contribution is -2.42. The number of amides is 2. The van der Waals surface area contributed by atoms with E-state index in [-0.39, 0.29) is 6.03 Å². The lowest BCUT2D eigenvalue weighted by molar-refractivity contribution is 0.0695. The molecule has 2 rings (SSSR count). The Kier molecular flexibility index (Phi) is 5.20. The number of aromatic carboxylic acids is 1. The molecule has 0 aliphatic heterocycles. The lowest BCUT2D eigenvalue weighted by Gasteiger charge is -2.22. The fourth-order valence-electron chi connectivity index (χ4n) is 2.43. The third kappa shape index (κ3) is 4.21. The highest BCUT2D eigenvalue weighted by Crippen LogP contribution is 2.26. The van der Waals surface area contributed by atoms with Crippen LogP contribution in [-0.2, 0) is 6.42 Å². The van der Waals surface area contributed by atoms with Crippen LogP contribution < -0.4 is 5.32 Å². The van der Waals surface area contributed by atoms with E-state index in [1.807, 2.05) is 11.0 Å². The molecule has 0 heterocycles. The fraction of sp³-hybridized carbons (Fsp3) is 0.500. The molecular formula is C16H22N2O3. The molecule has 2 N–H and O–H groups in total. The topological polar surface area (TPSA) is 69.6 Å². The molecule has 5 nitrogen and oxygen atoms in total. The van der Waals surface area contributed by atoms with E-state index < -0.39 is 5.97 Å². The van der Waals surface area contributed by atoms with Gasteiger partial charge in [0.15, 0.2) is 0 Å². The molecule has 1 saturated carbocycles. The van der Waals surface area contributed by atoms with Gasteiger partial charge in [-0.1, -0.05) is 25.1 Å². The zero-order chi connectivity index (χ0) is 15.2. The molecule has 1 fully saturated rings. The first-order valence-corrected chi connectivity index (χ1v) is 7.49. The number of carboxylic acid groups (broad SMARTS) is 1. The van der Waals surface area contributed by atoms with Crippen molar-refractivity contribution >= 4 is 12.0 Å². The molecule has 5 heteroatoms. The minimum atomic E-state index is -0.928. The van der Waals surface area contributed by atoms with E-state index in [1.54, 1.807) is 18.2 Å². The number of rotatable bonds is 7. The van der Waals surface area contributed by atoms with Crippen LogP contribution >= 0.6 is 0 Å². The lowest BCUT2D eigenvalue weighted by atomic mass is 10.0. The van der Waals surface area contributed by atoms with Gasteiger partial charge in [-0.3, -0.25) is 0 Å². The molecule has 1 aliphatic rings. The van der Waals surface area contributed by atoms with Gasteiger partial charge in [-0.25, -0.2) is 9.59 Å². The van der Waals surface area contributed by atoms with Crippen LogP contribution in [-0.4, -0.2) is 41.1 Å². The van der Waals surface area contributed by atoms with E-state index in [2.05, 4.69) is 12.2 Å². The summed E-state index contributed by atoms with van der Waals surface area (Å²) < 4.78 is 0. The van der Waals surface area contributed by atoms with Crippen molar-refractivity contribution < 1.29 is 14.7 Å². The molecule has 1 aromatic rings. The van der Waals surface area contributed by atoms with Crippen molar-refractivity contribution in [2.75, 3.05) is 13.1 Å². The molecule has 114 valence electrons. The molecule has 0 bridgehead atoms. The summed E-state index contributed by atoms with van der Waals surface area (Å²) in [7, 11) is 0. The first-order valence-electron chi connectivity index (χ1n) is 7.49. The summed E-state index contributed by atoms with van der Waals surface area (Å²) >= 11 is 0. The first kappa shape index (κ1) is 15.4. The van der Waals surface area contributed by atoms with Gasteiger partial charge in [0.25, 0.3) is 0 Å². The molecule has 0 aromatic heterocycles. The predicted octanol–water partition coefficient (Wildman–Crippen LogP) is 2.51. The van der Waals surface area contributed by atoms with E-state index in [1.165, 1.54) is 0 Å². The van der Waals surface area contributed by atoms with Crippen LogP contribution in [0, 0.1) is 0 Å². The Labute approximate surface area is 125 Å². The van der Waals surface area contributed by atoms with E-state index in [0.717, 1.165) is 31.4 Å². The number of benzene rings is 1. The Morgan fingerprint density at radius 3 is 2.67 bits per heavy atom.